The number of esters is 1. The second kappa shape index (κ2) is 7.40. The second-order valence-electron chi connectivity index (χ2n) is 6.79. The van der Waals surface area contributed by atoms with Gasteiger partial charge in [0.25, 0.3) is 0 Å². The van der Waals surface area contributed by atoms with E-state index in [2.05, 4.69) is 4.57 Å². The maximum absolute atomic E-state index is 12.7. The van der Waals surface area contributed by atoms with E-state index in [0.29, 0.717) is 12.3 Å². The van der Waals surface area contributed by atoms with Gasteiger partial charge in [-0.2, -0.15) is 0 Å². The number of imidazole rings is 1. The van der Waals surface area contributed by atoms with E-state index in [1.807, 2.05) is 30.3 Å². The molecule has 1 saturated heterocycles. The van der Waals surface area contributed by atoms with Gasteiger partial charge >= 0.3 is 5.97 Å². The number of benzene rings is 1. The van der Waals surface area contributed by atoms with Crippen molar-refractivity contribution in [3.8, 4) is 11.4 Å². The molecule has 2 aliphatic heterocycles. The fraction of sp³-hybridized carbons (Fsp3) is 0.500. The smallest absolute Gasteiger partial charge is 0.358 e. The van der Waals surface area contributed by atoms with Crippen LogP contribution in [-0.4, -0.2) is 34.8 Å². The molecule has 4 rings (SSSR count). The minimum absolute atomic E-state index is 0.0405. The Labute approximate surface area is 148 Å². The normalized spacial score (nSPS) is 20.1. The van der Waals surface area contributed by atoms with Crippen molar-refractivity contribution in [1.29, 1.82) is 0 Å². The number of rotatable bonds is 4. The van der Waals surface area contributed by atoms with Gasteiger partial charge in [0, 0.05) is 18.7 Å². The molecule has 2 aromatic rings. The molecule has 1 atom stereocenters. The van der Waals surface area contributed by atoms with Gasteiger partial charge in [0.2, 0.25) is 0 Å². The summed E-state index contributed by atoms with van der Waals surface area (Å²) in [5.41, 5.74) is 2.55. The minimum atomic E-state index is -0.316. The number of ether oxygens (including phenoxy) is 2. The van der Waals surface area contributed by atoms with Crippen molar-refractivity contribution in [3.63, 3.8) is 0 Å². The Hall–Kier alpha value is -2.14. The van der Waals surface area contributed by atoms with Crippen LogP contribution in [0.25, 0.3) is 11.4 Å². The Morgan fingerprint density at radius 1 is 1.20 bits per heavy atom. The van der Waals surface area contributed by atoms with Gasteiger partial charge in [0.05, 0.1) is 11.8 Å². The largest absolute Gasteiger partial charge is 0.458 e. The summed E-state index contributed by atoms with van der Waals surface area (Å²) in [6, 6.07) is 10.1. The van der Waals surface area contributed by atoms with Crippen molar-refractivity contribution in [2.75, 3.05) is 13.2 Å². The molecular weight excluding hydrogens is 316 g/mol. The Kier molecular flexibility index (Phi) is 4.83. The highest BCUT2D eigenvalue weighted by molar-refractivity contribution is 5.89. The Morgan fingerprint density at radius 3 is 2.88 bits per heavy atom. The number of hydrogen-bond donors (Lipinski definition) is 0. The molecule has 0 bridgehead atoms. The van der Waals surface area contributed by atoms with Gasteiger partial charge in [-0.25, -0.2) is 9.78 Å². The van der Waals surface area contributed by atoms with Gasteiger partial charge in [-0.15, -0.1) is 0 Å². The van der Waals surface area contributed by atoms with Crippen LogP contribution in [0.3, 0.4) is 0 Å². The lowest BCUT2D eigenvalue weighted by Crippen LogP contribution is -2.19. The van der Waals surface area contributed by atoms with Gasteiger partial charge in [0.1, 0.15) is 12.4 Å². The molecule has 1 aromatic carbocycles. The quantitative estimate of drug-likeness (QED) is 0.798. The maximum atomic E-state index is 12.7. The number of carbonyl (C=O) groups excluding carboxylic acids is 1. The van der Waals surface area contributed by atoms with Crippen LogP contribution in [0.4, 0.5) is 0 Å². The zero-order valence-electron chi connectivity index (χ0n) is 14.4. The molecule has 132 valence electrons. The van der Waals surface area contributed by atoms with Crippen molar-refractivity contribution < 1.29 is 14.3 Å². The highest BCUT2D eigenvalue weighted by Crippen LogP contribution is 2.27. The standard InChI is InChI=1S/C20H24N2O3/c23-20(25-14-16-10-7-13-24-16)18-17-11-5-2-6-12-22(17)19(21-18)15-8-3-1-4-9-15/h1,3-4,8-9,16H,2,5-7,10-14H2. The van der Waals surface area contributed by atoms with E-state index in [4.69, 9.17) is 14.5 Å². The molecule has 3 heterocycles. The molecular formula is C20H24N2O3. The van der Waals surface area contributed by atoms with Crippen LogP contribution in [0, 0.1) is 0 Å². The summed E-state index contributed by atoms with van der Waals surface area (Å²) >= 11 is 0. The van der Waals surface area contributed by atoms with Crippen LogP contribution < -0.4 is 0 Å². The lowest BCUT2D eigenvalue weighted by molar-refractivity contribution is 0.0156. The van der Waals surface area contributed by atoms with Crippen molar-refractivity contribution in [1.82, 2.24) is 9.55 Å². The summed E-state index contributed by atoms with van der Waals surface area (Å²) in [4.78, 5) is 17.4. The molecule has 0 radical (unpaired) electrons. The molecule has 0 amide bonds. The van der Waals surface area contributed by atoms with Crippen LogP contribution in [0.5, 0.6) is 0 Å². The molecule has 25 heavy (non-hydrogen) atoms. The summed E-state index contributed by atoms with van der Waals surface area (Å²) in [5.74, 6) is 0.560. The monoisotopic (exact) mass is 340 g/mol. The lowest BCUT2D eigenvalue weighted by atomic mass is 10.1. The summed E-state index contributed by atoms with van der Waals surface area (Å²) in [6.07, 6.45) is 6.31. The fourth-order valence-electron chi connectivity index (χ4n) is 3.70. The van der Waals surface area contributed by atoms with E-state index in [-0.39, 0.29) is 12.1 Å². The first-order valence-electron chi connectivity index (χ1n) is 9.26. The molecule has 1 aromatic heterocycles. The van der Waals surface area contributed by atoms with Crippen LogP contribution in [0.1, 0.15) is 48.3 Å². The van der Waals surface area contributed by atoms with Gasteiger partial charge in [-0.3, -0.25) is 0 Å². The summed E-state index contributed by atoms with van der Waals surface area (Å²) in [5, 5.41) is 0. The first kappa shape index (κ1) is 16.3. The number of aromatic nitrogens is 2. The average Bonchev–Trinajstić information content (AvgIpc) is 3.23. The van der Waals surface area contributed by atoms with Crippen molar-refractivity contribution >= 4 is 5.97 Å². The van der Waals surface area contributed by atoms with E-state index >= 15 is 0 Å². The van der Waals surface area contributed by atoms with Crippen LogP contribution in [0.15, 0.2) is 30.3 Å². The number of fused-ring (bicyclic) bond motifs is 1. The highest BCUT2D eigenvalue weighted by atomic mass is 16.6. The van der Waals surface area contributed by atoms with Gasteiger partial charge in [0.15, 0.2) is 5.69 Å². The van der Waals surface area contributed by atoms with E-state index in [0.717, 1.165) is 62.3 Å². The molecule has 1 fully saturated rings. The fourth-order valence-corrected chi connectivity index (χ4v) is 3.70. The highest BCUT2D eigenvalue weighted by Gasteiger charge is 2.26. The average molecular weight is 340 g/mol. The molecule has 0 aliphatic carbocycles. The molecule has 5 heteroatoms. The zero-order chi connectivity index (χ0) is 17.1. The first-order chi connectivity index (χ1) is 12.3. The molecule has 1 unspecified atom stereocenters. The molecule has 0 spiro atoms. The van der Waals surface area contributed by atoms with Gasteiger partial charge in [-0.05, 0) is 32.1 Å². The lowest BCUT2D eigenvalue weighted by Gasteiger charge is -2.10. The Bertz CT molecular complexity index is 733. The SMILES string of the molecule is O=C(OCC1CCCO1)c1nc(-c2ccccc2)n2c1CCCCC2. The molecule has 0 saturated carbocycles. The second-order valence-corrected chi connectivity index (χ2v) is 6.79. The first-order valence-corrected chi connectivity index (χ1v) is 9.26. The Balaban J connectivity index is 1.62. The maximum Gasteiger partial charge on any atom is 0.358 e. The third-order valence-corrected chi connectivity index (χ3v) is 5.02. The summed E-state index contributed by atoms with van der Waals surface area (Å²) in [7, 11) is 0. The zero-order valence-corrected chi connectivity index (χ0v) is 14.4. The Morgan fingerprint density at radius 2 is 2.08 bits per heavy atom. The minimum Gasteiger partial charge on any atom is -0.458 e. The van der Waals surface area contributed by atoms with Crippen LogP contribution in [0.2, 0.25) is 0 Å². The number of hydrogen-bond acceptors (Lipinski definition) is 4. The predicted molar refractivity (Wildman–Crippen MR) is 94.5 cm³/mol. The van der Waals surface area contributed by atoms with Crippen LogP contribution in [-0.2, 0) is 22.4 Å². The number of nitrogens with zero attached hydrogens (tertiary/aromatic N) is 2. The predicted octanol–water partition coefficient (Wildman–Crippen LogP) is 3.61. The van der Waals surface area contributed by atoms with Gasteiger partial charge in [-0.1, -0.05) is 36.8 Å². The third kappa shape index (κ3) is 3.47. The molecule has 5 nitrogen and oxygen atoms in total. The summed E-state index contributed by atoms with van der Waals surface area (Å²) < 4.78 is 13.3. The van der Waals surface area contributed by atoms with Crippen molar-refractivity contribution in [2.45, 2.75) is 51.2 Å². The topological polar surface area (TPSA) is 53.4 Å². The van der Waals surface area contributed by atoms with Crippen LogP contribution >= 0.6 is 0 Å². The van der Waals surface area contributed by atoms with E-state index in [1.165, 1.54) is 6.42 Å². The van der Waals surface area contributed by atoms with E-state index in [1.54, 1.807) is 0 Å². The van der Waals surface area contributed by atoms with Crippen molar-refractivity contribution in [2.24, 2.45) is 0 Å². The molecule has 2 aliphatic rings. The van der Waals surface area contributed by atoms with Crippen molar-refractivity contribution in [3.05, 3.63) is 41.7 Å². The number of carbonyl (C=O) groups is 1. The van der Waals surface area contributed by atoms with E-state index in [9.17, 15) is 4.79 Å². The summed E-state index contributed by atoms with van der Waals surface area (Å²) in [6.45, 7) is 2.00. The third-order valence-electron chi connectivity index (χ3n) is 5.02. The van der Waals surface area contributed by atoms with E-state index < -0.39 is 0 Å². The molecule has 0 N–H and O–H groups in total. The van der Waals surface area contributed by atoms with Gasteiger partial charge < -0.3 is 14.0 Å².